The van der Waals surface area contributed by atoms with E-state index in [0.717, 1.165) is 5.56 Å². The fourth-order valence-electron chi connectivity index (χ4n) is 1.14. The second kappa shape index (κ2) is 5.03. The molecular formula is C13H18N2O. The van der Waals surface area contributed by atoms with Gasteiger partial charge in [0.2, 0.25) is 0 Å². The molecule has 0 aromatic heterocycles. The van der Waals surface area contributed by atoms with Crippen molar-refractivity contribution in [1.29, 1.82) is 0 Å². The zero-order chi connectivity index (χ0) is 12.2. The zero-order valence-corrected chi connectivity index (χ0v) is 9.97. The molecule has 2 N–H and O–H groups in total. The minimum Gasteiger partial charge on any atom is -0.316 e. The summed E-state index contributed by atoms with van der Waals surface area (Å²) in [6.07, 6.45) is 1.64. The van der Waals surface area contributed by atoms with Crippen molar-refractivity contribution in [3.05, 3.63) is 35.9 Å². The Labute approximate surface area is 96.4 Å². The molecule has 3 heteroatoms. The molecule has 0 fully saturated rings. The molecule has 0 unspecified atom stereocenters. The quantitative estimate of drug-likeness (QED) is 0.774. The number of hydrogen-bond acceptors (Lipinski definition) is 2. The zero-order valence-electron chi connectivity index (χ0n) is 9.97. The van der Waals surface area contributed by atoms with Crippen LogP contribution in [-0.4, -0.2) is 12.1 Å². The Morgan fingerprint density at radius 2 is 1.88 bits per heavy atom. The summed E-state index contributed by atoms with van der Waals surface area (Å²) in [5.41, 5.74) is 6.49. The van der Waals surface area contributed by atoms with Gasteiger partial charge in [-0.05, 0) is 11.0 Å². The van der Waals surface area contributed by atoms with Crippen LogP contribution in [0.3, 0.4) is 0 Å². The Balaban J connectivity index is 2.73. The minimum absolute atomic E-state index is 0.105. The molecule has 0 radical (unpaired) electrons. The summed E-state index contributed by atoms with van der Waals surface area (Å²) in [5, 5.41) is 0. The van der Waals surface area contributed by atoms with Crippen LogP contribution in [-0.2, 0) is 4.79 Å². The van der Waals surface area contributed by atoms with Gasteiger partial charge in [-0.1, -0.05) is 51.1 Å². The molecular weight excluding hydrogens is 200 g/mol. The third-order valence-electron chi connectivity index (χ3n) is 2.00. The number of carbonyl (C=O) groups is 1. The Kier molecular flexibility index (Phi) is 3.96. The molecule has 1 amide bonds. The van der Waals surface area contributed by atoms with E-state index in [1.54, 1.807) is 6.21 Å². The van der Waals surface area contributed by atoms with Crippen LogP contribution < -0.4 is 5.73 Å². The van der Waals surface area contributed by atoms with Crippen LogP contribution >= 0.6 is 0 Å². The normalized spacial score (nSPS) is 14.0. The van der Waals surface area contributed by atoms with E-state index in [1.165, 1.54) is 0 Å². The summed E-state index contributed by atoms with van der Waals surface area (Å²) >= 11 is 0. The van der Waals surface area contributed by atoms with Gasteiger partial charge in [-0.15, -0.1) is 0 Å². The highest BCUT2D eigenvalue weighted by atomic mass is 16.1. The number of nitrogens with zero attached hydrogens (tertiary/aromatic N) is 1. The highest BCUT2D eigenvalue weighted by molar-refractivity contribution is 5.90. The van der Waals surface area contributed by atoms with Crippen molar-refractivity contribution in [2.75, 3.05) is 0 Å². The monoisotopic (exact) mass is 218 g/mol. The van der Waals surface area contributed by atoms with Crippen LogP contribution in [0.15, 0.2) is 35.3 Å². The molecule has 3 nitrogen and oxygen atoms in total. The molecule has 1 rings (SSSR count). The lowest BCUT2D eigenvalue weighted by Crippen LogP contribution is -2.20. The third kappa shape index (κ3) is 3.95. The molecule has 0 spiro atoms. The number of hydrogen-bond donors (Lipinski definition) is 1. The van der Waals surface area contributed by atoms with Crippen LogP contribution in [0.2, 0.25) is 0 Å². The lowest BCUT2D eigenvalue weighted by Gasteiger charge is -2.11. The van der Waals surface area contributed by atoms with Crippen LogP contribution in [0.25, 0.3) is 0 Å². The van der Waals surface area contributed by atoms with Crippen LogP contribution in [0.4, 0.5) is 0 Å². The van der Waals surface area contributed by atoms with Crippen molar-refractivity contribution >= 4 is 12.1 Å². The first-order valence-electron chi connectivity index (χ1n) is 5.30. The molecule has 0 saturated carbocycles. The van der Waals surface area contributed by atoms with Gasteiger partial charge in [0.25, 0.3) is 5.91 Å². The van der Waals surface area contributed by atoms with Gasteiger partial charge in [0, 0.05) is 6.21 Å². The lowest BCUT2D eigenvalue weighted by molar-refractivity contribution is -0.119. The number of aliphatic imine (C=N–C) groups is 1. The van der Waals surface area contributed by atoms with Crippen LogP contribution in [0.5, 0.6) is 0 Å². The molecule has 0 heterocycles. The Hall–Kier alpha value is -1.48. The van der Waals surface area contributed by atoms with Crippen molar-refractivity contribution in [2.24, 2.45) is 16.1 Å². The molecule has 0 aliphatic rings. The van der Waals surface area contributed by atoms with Crippen molar-refractivity contribution in [2.45, 2.75) is 26.8 Å². The molecule has 1 aromatic carbocycles. The predicted octanol–water partition coefficient (Wildman–Crippen LogP) is 2.33. The van der Waals surface area contributed by atoms with Crippen molar-refractivity contribution in [3.8, 4) is 0 Å². The van der Waals surface area contributed by atoms with E-state index in [0.29, 0.717) is 0 Å². The van der Waals surface area contributed by atoms with Gasteiger partial charge in [0.15, 0.2) is 0 Å². The summed E-state index contributed by atoms with van der Waals surface area (Å²) in [7, 11) is 0. The average Bonchev–Trinajstić information content (AvgIpc) is 2.25. The fourth-order valence-corrected chi connectivity index (χ4v) is 1.14. The summed E-state index contributed by atoms with van der Waals surface area (Å²) in [5.74, 6) is -0.305. The number of carbonyl (C=O) groups excluding carboxylic acids is 1. The summed E-state index contributed by atoms with van der Waals surface area (Å²) < 4.78 is 0. The highest BCUT2D eigenvalue weighted by Gasteiger charge is 2.15. The average molecular weight is 218 g/mol. The van der Waals surface area contributed by atoms with E-state index in [1.807, 2.05) is 51.1 Å². The van der Waals surface area contributed by atoms with Crippen LogP contribution in [0.1, 0.15) is 32.4 Å². The summed E-state index contributed by atoms with van der Waals surface area (Å²) in [6, 6.07) is 8.59. The van der Waals surface area contributed by atoms with Gasteiger partial charge in [-0.3, -0.25) is 4.79 Å². The van der Waals surface area contributed by atoms with Crippen LogP contribution in [0, 0.1) is 5.41 Å². The number of amides is 1. The number of nitrogens with two attached hydrogens (primary N) is 1. The fraction of sp³-hybridized carbons (Fsp3) is 0.385. The molecule has 86 valence electrons. The van der Waals surface area contributed by atoms with E-state index in [4.69, 9.17) is 5.73 Å². The number of rotatable bonds is 2. The maximum absolute atomic E-state index is 11.7. The summed E-state index contributed by atoms with van der Waals surface area (Å²) in [4.78, 5) is 15.6. The minimum atomic E-state index is -0.667. The third-order valence-corrected chi connectivity index (χ3v) is 2.00. The maximum atomic E-state index is 11.7. The van der Waals surface area contributed by atoms with Gasteiger partial charge < -0.3 is 5.73 Å². The molecule has 0 aliphatic carbocycles. The lowest BCUT2D eigenvalue weighted by atomic mass is 9.99. The van der Waals surface area contributed by atoms with E-state index < -0.39 is 6.04 Å². The molecule has 0 bridgehead atoms. The highest BCUT2D eigenvalue weighted by Crippen LogP contribution is 2.13. The molecule has 0 aliphatic heterocycles. The number of benzene rings is 1. The maximum Gasteiger partial charge on any atom is 0.266 e. The molecule has 1 atom stereocenters. The Bertz CT molecular complexity index is 377. The standard InChI is InChI=1S/C13H18N2O/c1-13(2,3)9-15-12(16)11(14)10-7-5-4-6-8-10/h4-9,11H,14H2,1-3H3/t11-/m1/s1. The van der Waals surface area contributed by atoms with Gasteiger partial charge in [0.1, 0.15) is 6.04 Å². The smallest absolute Gasteiger partial charge is 0.266 e. The molecule has 16 heavy (non-hydrogen) atoms. The van der Waals surface area contributed by atoms with E-state index >= 15 is 0 Å². The van der Waals surface area contributed by atoms with Gasteiger partial charge in [-0.25, -0.2) is 4.99 Å². The second-order valence-electron chi connectivity index (χ2n) is 4.85. The van der Waals surface area contributed by atoms with E-state index in [2.05, 4.69) is 4.99 Å². The first kappa shape index (κ1) is 12.6. The van der Waals surface area contributed by atoms with Gasteiger partial charge >= 0.3 is 0 Å². The van der Waals surface area contributed by atoms with E-state index in [9.17, 15) is 4.79 Å². The molecule has 1 aromatic rings. The van der Waals surface area contributed by atoms with Crippen molar-refractivity contribution < 1.29 is 4.79 Å². The second-order valence-corrected chi connectivity index (χ2v) is 4.85. The summed E-state index contributed by atoms with van der Waals surface area (Å²) in [6.45, 7) is 5.95. The van der Waals surface area contributed by atoms with E-state index in [-0.39, 0.29) is 11.3 Å². The predicted molar refractivity (Wildman–Crippen MR) is 66.3 cm³/mol. The van der Waals surface area contributed by atoms with Crippen molar-refractivity contribution in [1.82, 2.24) is 0 Å². The largest absolute Gasteiger partial charge is 0.316 e. The Morgan fingerprint density at radius 1 is 1.31 bits per heavy atom. The first-order chi connectivity index (χ1) is 7.40. The first-order valence-corrected chi connectivity index (χ1v) is 5.30. The molecule has 0 saturated heterocycles. The van der Waals surface area contributed by atoms with Crippen molar-refractivity contribution in [3.63, 3.8) is 0 Å². The van der Waals surface area contributed by atoms with Gasteiger partial charge in [-0.2, -0.15) is 0 Å². The Morgan fingerprint density at radius 3 is 2.38 bits per heavy atom. The van der Waals surface area contributed by atoms with Gasteiger partial charge in [0.05, 0.1) is 0 Å². The SMILES string of the molecule is CC(C)(C)C=NC(=O)[C@H](N)c1ccccc1. The topological polar surface area (TPSA) is 55.5 Å².